The lowest BCUT2D eigenvalue weighted by molar-refractivity contribution is 0.587. The van der Waals surface area contributed by atoms with Crippen LogP contribution in [0.4, 0.5) is 0 Å². The van der Waals surface area contributed by atoms with E-state index in [9.17, 15) is 0 Å². The van der Waals surface area contributed by atoms with Crippen molar-refractivity contribution in [3.63, 3.8) is 0 Å². The first-order valence-corrected chi connectivity index (χ1v) is 5.88. The lowest BCUT2D eigenvalue weighted by atomic mass is 10.3. The van der Waals surface area contributed by atoms with Gasteiger partial charge in [0, 0.05) is 31.1 Å². The van der Waals surface area contributed by atoms with Crippen LogP contribution in [0, 0.1) is 11.3 Å². The molecule has 0 radical (unpaired) electrons. The molecule has 14 heavy (non-hydrogen) atoms. The molecule has 3 nitrogen and oxygen atoms in total. The van der Waals surface area contributed by atoms with E-state index in [0.29, 0.717) is 6.42 Å². The molecule has 1 aromatic heterocycles. The van der Waals surface area contributed by atoms with Crippen molar-refractivity contribution in [2.75, 3.05) is 5.75 Å². The number of nitriles is 1. The van der Waals surface area contributed by atoms with Crippen molar-refractivity contribution in [1.82, 2.24) is 9.55 Å². The van der Waals surface area contributed by atoms with Crippen molar-refractivity contribution in [1.29, 1.82) is 5.26 Å². The fourth-order valence-electron chi connectivity index (χ4n) is 1.12. The van der Waals surface area contributed by atoms with Gasteiger partial charge in [0.2, 0.25) is 0 Å². The number of thioether (sulfide) groups is 1. The molecule has 0 bridgehead atoms. The molecule has 0 aliphatic carbocycles. The third-order valence-electron chi connectivity index (χ3n) is 1.87. The molecule has 1 rings (SSSR count). The Kier molecular flexibility index (Phi) is 5.16. The Morgan fingerprint density at radius 3 is 3.21 bits per heavy atom. The van der Waals surface area contributed by atoms with Gasteiger partial charge in [0.1, 0.15) is 0 Å². The number of imidazole rings is 1. The number of hydrogen-bond acceptors (Lipinski definition) is 3. The van der Waals surface area contributed by atoms with E-state index < -0.39 is 0 Å². The molecule has 0 unspecified atom stereocenters. The number of unbranched alkanes of at least 4 members (excludes halogenated alkanes) is 1. The predicted molar refractivity (Wildman–Crippen MR) is 58.1 cm³/mol. The maximum atomic E-state index is 8.42. The molecule has 0 aliphatic rings. The molecule has 4 heteroatoms. The Hall–Kier alpha value is -0.950. The number of nitrogens with zero attached hydrogens (tertiary/aromatic N) is 3. The minimum Gasteiger partial charge on any atom is -0.326 e. The Morgan fingerprint density at radius 2 is 2.50 bits per heavy atom. The van der Waals surface area contributed by atoms with E-state index in [-0.39, 0.29) is 0 Å². The lowest BCUT2D eigenvalue weighted by Gasteiger charge is -2.04. The van der Waals surface area contributed by atoms with E-state index in [4.69, 9.17) is 5.26 Å². The normalized spacial score (nSPS) is 10.0. The maximum Gasteiger partial charge on any atom is 0.167 e. The average Bonchev–Trinajstić information content (AvgIpc) is 2.63. The van der Waals surface area contributed by atoms with Crippen LogP contribution in [0.1, 0.15) is 26.2 Å². The van der Waals surface area contributed by atoms with Gasteiger partial charge < -0.3 is 4.57 Å². The van der Waals surface area contributed by atoms with E-state index >= 15 is 0 Å². The molecule has 1 heterocycles. The molecule has 1 aromatic rings. The minimum absolute atomic E-state index is 0.589. The van der Waals surface area contributed by atoms with Crippen molar-refractivity contribution >= 4 is 11.8 Å². The predicted octanol–water partition coefficient (Wildman–Crippen LogP) is 2.69. The van der Waals surface area contributed by atoms with E-state index in [0.717, 1.165) is 17.5 Å². The second-order valence-corrected chi connectivity index (χ2v) is 4.08. The first kappa shape index (κ1) is 11.1. The average molecular weight is 209 g/mol. The van der Waals surface area contributed by atoms with Crippen molar-refractivity contribution in [3.05, 3.63) is 12.4 Å². The molecule has 0 aliphatic heterocycles. The Bertz CT molecular complexity index is 301. The van der Waals surface area contributed by atoms with E-state index in [1.165, 1.54) is 12.8 Å². The van der Waals surface area contributed by atoms with Gasteiger partial charge in [-0.1, -0.05) is 25.1 Å². The second kappa shape index (κ2) is 6.50. The Labute approximate surface area is 89.1 Å². The van der Waals surface area contributed by atoms with Gasteiger partial charge in [0.05, 0.1) is 6.07 Å². The number of hydrogen-bond donors (Lipinski definition) is 0. The molecule has 0 atom stereocenters. The monoisotopic (exact) mass is 209 g/mol. The third kappa shape index (κ3) is 3.43. The molecular formula is C10H15N3S. The van der Waals surface area contributed by atoms with Crippen LogP contribution >= 0.6 is 11.8 Å². The fraction of sp³-hybridized carbons (Fsp3) is 0.600. The van der Waals surface area contributed by atoms with Crippen molar-refractivity contribution in [3.8, 4) is 6.07 Å². The summed E-state index contributed by atoms with van der Waals surface area (Å²) in [5.74, 6) is 0.833. The molecule has 0 saturated carbocycles. The minimum atomic E-state index is 0.589. The summed E-state index contributed by atoms with van der Waals surface area (Å²) in [5, 5.41) is 9.45. The molecule has 0 saturated heterocycles. The van der Waals surface area contributed by atoms with Crippen molar-refractivity contribution < 1.29 is 0 Å². The van der Waals surface area contributed by atoms with Gasteiger partial charge in [0.15, 0.2) is 5.16 Å². The SMILES string of the molecule is CCCCn1ccnc1SCCC#N. The van der Waals surface area contributed by atoms with Gasteiger partial charge in [-0.3, -0.25) is 0 Å². The van der Waals surface area contributed by atoms with Crippen LogP contribution in [0.3, 0.4) is 0 Å². The van der Waals surface area contributed by atoms with Gasteiger partial charge in [-0.05, 0) is 6.42 Å². The maximum absolute atomic E-state index is 8.42. The number of rotatable bonds is 6. The highest BCUT2D eigenvalue weighted by Gasteiger charge is 2.01. The third-order valence-corrected chi connectivity index (χ3v) is 2.88. The molecule has 76 valence electrons. The lowest BCUT2D eigenvalue weighted by Crippen LogP contribution is -1.98. The highest BCUT2D eigenvalue weighted by molar-refractivity contribution is 7.99. The molecule has 0 spiro atoms. The van der Waals surface area contributed by atoms with Crippen LogP contribution in [0.2, 0.25) is 0 Å². The van der Waals surface area contributed by atoms with Crippen LogP contribution in [0.5, 0.6) is 0 Å². The number of aryl methyl sites for hydroxylation is 1. The van der Waals surface area contributed by atoms with Crippen LogP contribution in [-0.4, -0.2) is 15.3 Å². The van der Waals surface area contributed by atoms with Crippen LogP contribution < -0.4 is 0 Å². The van der Waals surface area contributed by atoms with Crippen molar-refractivity contribution in [2.24, 2.45) is 0 Å². The fourth-order valence-corrected chi connectivity index (χ4v) is 1.95. The molecule has 0 fully saturated rings. The number of aromatic nitrogens is 2. The summed E-state index contributed by atoms with van der Waals surface area (Å²) in [7, 11) is 0. The molecular weight excluding hydrogens is 194 g/mol. The summed E-state index contributed by atoms with van der Waals surface area (Å²) in [4.78, 5) is 4.26. The smallest absolute Gasteiger partial charge is 0.167 e. The first-order valence-electron chi connectivity index (χ1n) is 4.89. The zero-order valence-electron chi connectivity index (χ0n) is 8.44. The summed E-state index contributed by atoms with van der Waals surface area (Å²) in [5.41, 5.74) is 0. The van der Waals surface area contributed by atoms with Crippen molar-refractivity contribution in [2.45, 2.75) is 37.9 Å². The van der Waals surface area contributed by atoms with Crippen LogP contribution in [0.25, 0.3) is 0 Å². The molecule has 0 N–H and O–H groups in total. The van der Waals surface area contributed by atoms with E-state index in [2.05, 4.69) is 22.5 Å². The second-order valence-electron chi connectivity index (χ2n) is 3.01. The Morgan fingerprint density at radius 1 is 1.64 bits per heavy atom. The van der Waals surface area contributed by atoms with Crippen LogP contribution in [-0.2, 0) is 6.54 Å². The quantitative estimate of drug-likeness (QED) is 0.534. The van der Waals surface area contributed by atoms with Gasteiger partial charge in [-0.25, -0.2) is 4.98 Å². The summed E-state index contributed by atoms with van der Waals surface area (Å²) in [6.45, 7) is 3.21. The van der Waals surface area contributed by atoms with Gasteiger partial charge >= 0.3 is 0 Å². The van der Waals surface area contributed by atoms with Gasteiger partial charge in [-0.2, -0.15) is 5.26 Å². The van der Waals surface area contributed by atoms with E-state index in [1.807, 2.05) is 12.4 Å². The topological polar surface area (TPSA) is 41.6 Å². The Balaban J connectivity index is 2.42. The summed E-state index contributed by atoms with van der Waals surface area (Å²) in [6, 6.07) is 2.13. The summed E-state index contributed by atoms with van der Waals surface area (Å²) >= 11 is 1.66. The molecule has 0 amide bonds. The highest BCUT2D eigenvalue weighted by Crippen LogP contribution is 2.16. The molecule has 0 aromatic carbocycles. The van der Waals surface area contributed by atoms with E-state index in [1.54, 1.807) is 11.8 Å². The largest absolute Gasteiger partial charge is 0.326 e. The standard InChI is InChI=1S/C10H15N3S/c1-2-3-7-13-8-6-12-10(13)14-9-4-5-11/h6,8H,2-4,7,9H2,1H3. The van der Waals surface area contributed by atoms with Crippen LogP contribution in [0.15, 0.2) is 17.6 Å². The van der Waals surface area contributed by atoms with Gasteiger partial charge in [0.25, 0.3) is 0 Å². The highest BCUT2D eigenvalue weighted by atomic mass is 32.2. The summed E-state index contributed by atoms with van der Waals surface area (Å²) in [6.07, 6.45) is 6.79. The summed E-state index contributed by atoms with van der Waals surface area (Å²) < 4.78 is 2.16. The zero-order chi connectivity index (χ0) is 10.2. The first-order chi connectivity index (χ1) is 6.88. The zero-order valence-corrected chi connectivity index (χ0v) is 9.26. The van der Waals surface area contributed by atoms with Gasteiger partial charge in [-0.15, -0.1) is 0 Å².